The molecule has 0 atom stereocenters. The molecule has 4 nitrogen and oxygen atoms in total. The lowest BCUT2D eigenvalue weighted by Gasteiger charge is -2.26. The molecule has 0 aliphatic rings. The number of anilines is 3. The molecular weight excluding hydrogens is 655 g/mol. The second-order valence-electron chi connectivity index (χ2n) is 13.2. The van der Waals surface area contributed by atoms with Crippen molar-refractivity contribution in [1.82, 2.24) is 9.55 Å². The first-order chi connectivity index (χ1) is 25.8. The van der Waals surface area contributed by atoms with E-state index in [1.165, 1.54) is 36.5 Å². The molecule has 0 amide bonds. The zero-order valence-corrected chi connectivity index (χ0v) is 28.7. The van der Waals surface area contributed by atoms with Crippen molar-refractivity contribution in [2.45, 2.75) is 0 Å². The van der Waals surface area contributed by atoms with E-state index in [1.54, 1.807) is 0 Å². The molecule has 5 heteroatoms. The van der Waals surface area contributed by atoms with Crippen LogP contribution in [-0.2, 0) is 0 Å². The Morgan fingerprint density at radius 3 is 1.96 bits per heavy atom. The fourth-order valence-electron chi connectivity index (χ4n) is 7.84. The van der Waals surface area contributed by atoms with Crippen LogP contribution in [0.3, 0.4) is 0 Å². The zero-order chi connectivity index (χ0) is 34.2. The second kappa shape index (κ2) is 11.4. The molecule has 11 aromatic rings. The van der Waals surface area contributed by atoms with Gasteiger partial charge in [-0.05, 0) is 102 Å². The maximum Gasteiger partial charge on any atom is 0.137 e. The number of benzene rings is 7. The minimum atomic E-state index is 0.888. The molecule has 7 aromatic carbocycles. The van der Waals surface area contributed by atoms with Crippen molar-refractivity contribution in [2.24, 2.45) is 0 Å². The zero-order valence-electron chi connectivity index (χ0n) is 27.9. The Kier molecular flexibility index (Phi) is 6.39. The molecule has 0 aliphatic carbocycles. The van der Waals surface area contributed by atoms with Crippen LogP contribution < -0.4 is 4.90 Å². The monoisotopic (exact) mass is 683 g/mol. The number of hydrogen-bond acceptors (Lipinski definition) is 4. The van der Waals surface area contributed by atoms with E-state index in [0.717, 1.165) is 61.4 Å². The molecule has 0 fully saturated rings. The van der Waals surface area contributed by atoms with Crippen LogP contribution >= 0.6 is 11.3 Å². The summed E-state index contributed by atoms with van der Waals surface area (Å²) in [5.74, 6) is 0.918. The number of nitrogens with zero attached hydrogens (tertiary/aromatic N) is 3. The average molecular weight is 684 g/mol. The maximum atomic E-state index is 6.22. The van der Waals surface area contributed by atoms with Gasteiger partial charge in [0.05, 0.1) is 11.0 Å². The molecule has 0 bridgehead atoms. The largest absolute Gasteiger partial charge is 0.456 e. The minimum absolute atomic E-state index is 0.888. The van der Waals surface area contributed by atoms with E-state index in [-0.39, 0.29) is 0 Å². The van der Waals surface area contributed by atoms with Gasteiger partial charge >= 0.3 is 0 Å². The number of thiophene rings is 1. The van der Waals surface area contributed by atoms with Gasteiger partial charge in [0, 0.05) is 65.0 Å². The summed E-state index contributed by atoms with van der Waals surface area (Å²) in [4.78, 5) is 7.05. The third-order valence-corrected chi connectivity index (χ3v) is 11.4. The molecule has 0 saturated carbocycles. The minimum Gasteiger partial charge on any atom is -0.456 e. The molecule has 4 aromatic heterocycles. The van der Waals surface area contributed by atoms with Gasteiger partial charge in [-0.3, -0.25) is 4.57 Å². The van der Waals surface area contributed by atoms with Crippen LogP contribution in [0.1, 0.15) is 0 Å². The lowest BCUT2D eigenvalue weighted by atomic mass is 10.0. The standard InChI is InChI=1S/C47H29N3OS/c1-4-12-41-35(9-1)38-27-31(18-23-42(38)50(41)47-15-7-8-26-48-47)30-16-19-32(20-17-30)49(33-21-24-44-39(28-33)36-10-2-5-13-43(36)51-44)34-22-25-46-40(29-34)37-11-3-6-14-45(37)52-46/h1-29H. The topological polar surface area (TPSA) is 34.2 Å². The maximum absolute atomic E-state index is 6.22. The van der Waals surface area contributed by atoms with Crippen LogP contribution in [-0.4, -0.2) is 9.55 Å². The Labute approximate surface area is 303 Å². The molecule has 0 radical (unpaired) electrons. The number of rotatable bonds is 5. The number of furan rings is 1. The third-order valence-electron chi connectivity index (χ3n) is 10.2. The number of para-hydroxylation sites is 2. The second-order valence-corrected chi connectivity index (χ2v) is 14.3. The average Bonchev–Trinajstić information content (AvgIpc) is 3.88. The number of fused-ring (bicyclic) bond motifs is 9. The molecular formula is C47H29N3OS. The summed E-state index contributed by atoms with van der Waals surface area (Å²) in [6.45, 7) is 0. The first kappa shape index (κ1) is 29.1. The van der Waals surface area contributed by atoms with Crippen LogP contribution in [0.15, 0.2) is 180 Å². The van der Waals surface area contributed by atoms with Crippen LogP contribution in [0.25, 0.3) is 80.9 Å². The van der Waals surface area contributed by atoms with E-state index in [9.17, 15) is 0 Å². The third kappa shape index (κ3) is 4.50. The summed E-state index contributed by atoms with van der Waals surface area (Å²) in [6.07, 6.45) is 1.85. The summed E-state index contributed by atoms with van der Waals surface area (Å²) < 4.78 is 11.1. The van der Waals surface area contributed by atoms with Crippen LogP contribution in [0.2, 0.25) is 0 Å². The van der Waals surface area contributed by atoms with E-state index in [2.05, 4.69) is 160 Å². The fourth-order valence-corrected chi connectivity index (χ4v) is 8.93. The van der Waals surface area contributed by atoms with Crippen LogP contribution in [0.4, 0.5) is 17.1 Å². The highest BCUT2D eigenvalue weighted by atomic mass is 32.1. The van der Waals surface area contributed by atoms with Crippen molar-refractivity contribution in [2.75, 3.05) is 4.90 Å². The molecule has 0 unspecified atom stereocenters. The molecule has 0 saturated heterocycles. The first-order valence-electron chi connectivity index (χ1n) is 17.4. The Balaban J connectivity index is 1.06. The van der Waals surface area contributed by atoms with Gasteiger partial charge in [-0.2, -0.15) is 0 Å². The predicted molar refractivity (Wildman–Crippen MR) is 219 cm³/mol. The van der Waals surface area contributed by atoms with Crippen molar-refractivity contribution in [3.63, 3.8) is 0 Å². The predicted octanol–water partition coefficient (Wildman–Crippen LogP) is 13.6. The van der Waals surface area contributed by atoms with Gasteiger partial charge in [-0.25, -0.2) is 4.98 Å². The van der Waals surface area contributed by atoms with Gasteiger partial charge in [0.15, 0.2) is 0 Å². The van der Waals surface area contributed by atoms with Crippen LogP contribution in [0, 0.1) is 0 Å². The Hall–Kier alpha value is -6.69. The molecule has 11 rings (SSSR count). The number of hydrogen-bond donors (Lipinski definition) is 0. The van der Waals surface area contributed by atoms with Gasteiger partial charge < -0.3 is 9.32 Å². The summed E-state index contributed by atoms with van der Waals surface area (Å²) in [5, 5.41) is 7.21. The Bertz CT molecular complexity index is 3020. The normalized spacial score (nSPS) is 11.8. The van der Waals surface area contributed by atoms with E-state index in [0.29, 0.717) is 0 Å². The molecule has 0 N–H and O–H groups in total. The van der Waals surface area contributed by atoms with Crippen molar-refractivity contribution in [3.8, 4) is 16.9 Å². The fraction of sp³-hybridized carbons (Fsp3) is 0. The van der Waals surface area contributed by atoms with E-state index in [1.807, 2.05) is 41.8 Å². The first-order valence-corrected chi connectivity index (χ1v) is 18.3. The van der Waals surface area contributed by atoms with Gasteiger partial charge in [0.25, 0.3) is 0 Å². The van der Waals surface area contributed by atoms with E-state index in [4.69, 9.17) is 4.42 Å². The molecule has 244 valence electrons. The van der Waals surface area contributed by atoms with E-state index >= 15 is 0 Å². The van der Waals surface area contributed by atoms with Gasteiger partial charge in [-0.1, -0.05) is 78.9 Å². The molecule has 0 spiro atoms. The summed E-state index contributed by atoms with van der Waals surface area (Å²) in [5.41, 5.74) is 9.69. The van der Waals surface area contributed by atoms with Gasteiger partial charge in [0.1, 0.15) is 17.0 Å². The highest BCUT2D eigenvalue weighted by Crippen LogP contribution is 2.43. The van der Waals surface area contributed by atoms with E-state index < -0.39 is 0 Å². The van der Waals surface area contributed by atoms with Gasteiger partial charge in [0.2, 0.25) is 0 Å². The van der Waals surface area contributed by atoms with Gasteiger partial charge in [-0.15, -0.1) is 11.3 Å². The number of aromatic nitrogens is 2. The summed E-state index contributed by atoms with van der Waals surface area (Å²) >= 11 is 1.84. The molecule has 4 heterocycles. The lowest BCUT2D eigenvalue weighted by Crippen LogP contribution is -2.09. The SMILES string of the molecule is c1ccc(-n2c3ccccc3c3cc(-c4ccc(N(c5ccc6oc7ccccc7c6c5)c5ccc6sc7ccccc7c6c5)cc4)ccc32)nc1. The summed E-state index contributed by atoms with van der Waals surface area (Å²) in [6, 6.07) is 60.7. The van der Waals surface area contributed by atoms with Crippen molar-refractivity contribution < 1.29 is 4.42 Å². The molecule has 0 aliphatic heterocycles. The van der Waals surface area contributed by atoms with Crippen LogP contribution in [0.5, 0.6) is 0 Å². The number of pyridine rings is 1. The highest BCUT2D eigenvalue weighted by Gasteiger charge is 2.18. The van der Waals surface area contributed by atoms with Crippen molar-refractivity contribution in [1.29, 1.82) is 0 Å². The highest BCUT2D eigenvalue weighted by molar-refractivity contribution is 7.25. The Morgan fingerprint density at radius 2 is 1.10 bits per heavy atom. The lowest BCUT2D eigenvalue weighted by molar-refractivity contribution is 0.669. The Morgan fingerprint density at radius 1 is 0.442 bits per heavy atom. The van der Waals surface area contributed by atoms with Crippen molar-refractivity contribution in [3.05, 3.63) is 176 Å². The molecule has 52 heavy (non-hydrogen) atoms. The summed E-state index contributed by atoms with van der Waals surface area (Å²) in [7, 11) is 0. The smallest absolute Gasteiger partial charge is 0.137 e. The quantitative estimate of drug-likeness (QED) is 0.181. The van der Waals surface area contributed by atoms with Crippen molar-refractivity contribution >= 4 is 92.3 Å².